The van der Waals surface area contributed by atoms with Gasteiger partial charge in [-0.2, -0.15) is 4.72 Å². The largest absolute Gasteiger partial charge is 0.386 e. The molecule has 7 nitrogen and oxygen atoms in total. The molecule has 0 aliphatic rings. The van der Waals surface area contributed by atoms with Crippen molar-refractivity contribution >= 4 is 15.9 Å². The zero-order valence-corrected chi connectivity index (χ0v) is 21.0. The number of amides is 1. The van der Waals surface area contributed by atoms with Crippen molar-refractivity contribution in [3.63, 3.8) is 0 Å². The number of aliphatic hydroxyl groups excluding tert-OH is 1. The van der Waals surface area contributed by atoms with E-state index in [0.717, 1.165) is 0 Å². The predicted octanol–water partition coefficient (Wildman–Crippen LogP) is 3.30. The van der Waals surface area contributed by atoms with Crippen molar-refractivity contribution in [2.45, 2.75) is 57.2 Å². The van der Waals surface area contributed by atoms with Crippen molar-refractivity contribution in [3.8, 4) is 11.1 Å². The van der Waals surface area contributed by atoms with Crippen molar-refractivity contribution in [1.29, 1.82) is 0 Å². The minimum Gasteiger partial charge on any atom is -0.386 e. The molecule has 0 bridgehead atoms. The third-order valence-corrected chi connectivity index (χ3v) is 7.34. The summed E-state index contributed by atoms with van der Waals surface area (Å²) in [6.07, 6.45) is -1.06. The maximum absolute atomic E-state index is 13.2. The van der Waals surface area contributed by atoms with Gasteiger partial charge in [0.05, 0.1) is 10.9 Å². The number of hydrogen-bond acceptors (Lipinski definition) is 5. The SMILES string of the molecule is CC(C)C[C@H](NS(=O)(=O)c1ccccc1)C(=O)N[C@@H](C(C)C)[C@@H](O)c1c(-c2ccc(F)cc2)c1=O. The number of sulfonamides is 1. The molecule has 9 heteroatoms. The minimum absolute atomic E-state index is 0.00411. The molecule has 3 N–H and O–H groups in total. The summed E-state index contributed by atoms with van der Waals surface area (Å²) in [6.45, 7) is 7.30. The van der Waals surface area contributed by atoms with Crippen LogP contribution in [0.4, 0.5) is 4.39 Å². The third kappa shape index (κ3) is 6.42. The van der Waals surface area contributed by atoms with Crippen LogP contribution in [0.1, 0.15) is 45.8 Å². The van der Waals surface area contributed by atoms with Gasteiger partial charge in [-0.1, -0.05) is 58.0 Å². The fraction of sp³-hybridized carbons (Fsp3) is 0.385. The van der Waals surface area contributed by atoms with Crippen LogP contribution in [-0.4, -0.2) is 31.5 Å². The van der Waals surface area contributed by atoms with Crippen LogP contribution in [0.3, 0.4) is 0 Å². The first-order valence-corrected chi connectivity index (χ1v) is 13.0. The highest BCUT2D eigenvalue weighted by molar-refractivity contribution is 7.89. The van der Waals surface area contributed by atoms with Gasteiger partial charge in [-0.05, 0) is 48.1 Å². The average molecular weight is 503 g/mol. The molecule has 1 amide bonds. The lowest BCUT2D eigenvalue weighted by Gasteiger charge is -2.29. The van der Waals surface area contributed by atoms with E-state index in [9.17, 15) is 27.5 Å². The molecule has 0 aromatic heterocycles. The zero-order chi connectivity index (χ0) is 25.9. The van der Waals surface area contributed by atoms with Crippen molar-refractivity contribution in [2.24, 2.45) is 11.8 Å². The molecule has 3 aromatic rings. The summed E-state index contributed by atoms with van der Waals surface area (Å²) in [5.74, 6) is -1.29. The molecular formula is C26H31FN2O5S. The number of rotatable bonds is 11. The highest BCUT2D eigenvalue weighted by Crippen LogP contribution is 2.34. The van der Waals surface area contributed by atoms with E-state index in [2.05, 4.69) is 10.0 Å². The third-order valence-electron chi connectivity index (χ3n) is 5.85. The van der Waals surface area contributed by atoms with E-state index in [1.165, 1.54) is 36.4 Å². The molecule has 35 heavy (non-hydrogen) atoms. The highest BCUT2D eigenvalue weighted by Gasteiger charge is 2.38. The first-order valence-electron chi connectivity index (χ1n) is 11.5. The molecule has 0 saturated heterocycles. The van der Waals surface area contributed by atoms with Crippen molar-refractivity contribution in [2.75, 3.05) is 0 Å². The van der Waals surface area contributed by atoms with Crippen LogP contribution in [0.2, 0.25) is 0 Å². The van der Waals surface area contributed by atoms with E-state index in [1.54, 1.807) is 32.0 Å². The summed E-state index contributed by atoms with van der Waals surface area (Å²) in [7, 11) is -3.95. The van der Waals surface area contributed by atoms with Gasteiger partial charge in [0.15, 0.2) is 5.43 Å². The highest BCUT2D eigenvalue weighted by atomic mass is 32.2. The molecule has 0 aliphatic carbocycles. The first-order chi connectivity index (χ1) is 16.4. The zero-order valence-electron chi connectivity index (χ0n) is 20.2. The minimum atomic E-state index is -3.95. The second kappa shape index (κ2) is 10.8. The molecule has 0 heterocycles. The smallest absolute Gasteiger partial charge is 0.241 e. The van der Waals surface area contributed by atoms with Gasteiger partial charge < -0.3 is 10.4 Å². The maximum Gasteiger partial charge on any atom is 0.241 e. The Morgan fingerprint density at radius 2 is 1.60 bits per heavy atom. The second-order valence-corrected chi connectivity index (χ2v) is 11.2. The van der Waals surface area contributed by atoms with Gasteiger partial charge >= 0.3 is 0 Å². The van der Waals surface area contributed by atoms with Crippen molar-refractivity contribution < 1.29 is 22.7 Å². The molecule has 0 saturated carbocycles. The quantitative estimate of drug-likeness (QED) is 0.373. The summed E-state index contributed by atoms with van der Waals surface area (Å²) >= 11 is 0. The Kier molecular flexibility index (Phi) is 8.25. The molecule has 0 unspecified atom stereocenters. The monoisotopic (exact) mass is 502 g/mol. The summed E-state index contributed by atoms with van der Waals surface area (Å²) in [6, 6.07) is 11.2. The number of carbonyl (C=O) groups excluding carboxylic acids is 1. The van der Waals surface area contributed by atoms with Gasteiger partial charge in [-0.25, -0.2) is 12.8 Å². The van der Waals surface area contributed by atoms with Crippen LogP contribution in [0.25, 0.3) is 11.1 Å². The van der Waals surface area contributed by atoms with Gasteiger partial charge in [0, 0.05) is 11.1 Å². The Bertz CT molecular complexity index is 1260. The standard InChI is InChI=1S/C26H31FN2O5S/c1-15(2)14-20(29-35(33,34)19-8-6-5-7-9-19)26(32)28-23(16(3)4)25(31)22-21(24(22)30)17-10-12-18(27)13-11-17/h5-13,15-16,20,23,25,29,31H,14H2,1-4H3,(H,28,32)/t20-,23-,25-/m0/s1. The van der Waals surface area contributed by atoms with Gasteiger partial charge in [0.25, 0.3) is 0 Å². The molecule has 188 valence electrons. The van der Waals surface area contributed by atoms with Gasteiger partial charge in [0.2, 0.25) is 15.9 Å². The maximum atomic E-state index is 13.2. The Balaban J connectivity index is 1.81. The molecule has 3 aromatic carbocycles. The Morgan fingerprint density at radius 1 is 1.00 bits per heavy atom. The van der Waals surface area contributed by atoms with E-state index in [-0.39, 0.29) is 34.1 Å². The lowest BCUT2D eigenvalue weighted by atomic mass is 9.95. The van der Waals surface area contributed by atoms with Crippen LogP contribution in [0.15, 0.2) is 64.3 Å². The second-order valence-electron chi connectivity index (χ2n) is 9.46. The number of halogens is 1. The van der Waals surface area contributed by atoms with Crippen LogP contribution < -0.4 is 15.5 Å². The summed E-state index contributed by atoms with van der Waals surface area (Å²) < 4.78 is 41.4. The fourth-order valence-electron chi connectivity index (χ4n) is 3.96. The number of aliphatic hydroxyl groups is 1. The summed E-state index contributed by atoms with van der Waals surface area (Å²) in [5, 5.41) is 13.7. The fourth-order valence-corrected chi connectivity index (χ4v) is 5.19. The Labute approximate surface area is 205 Å². The summed E-state index contributed by atoms with van der Waals surface area (Å²) in [4.78, 5) is 25.7. The lowest BCUT2D eigenvalue weighted by molar-refractivity contribution is -0.125. The topological polar surface area (TPSA) is 113 Å². The molecule has 0 radical (unpaired) electrons. The Hall–Kier alpha value is -2.88. The van der Waals surface area contributed by atoms with Crippen LogP contribution in [-0.2, 0) is 14.8 Å². The first kappa shape index (κ1) is 26.7. The normalized spacial score (nSPS) is 14.9. The van der Waals surface area contributed by atoms with E-state index < -0.39 is 39.9 Å². The van der Waals surface area contributed by atoms with E-state index in [1.807, 2.05) is 13.8 Å². The van der Waals surface area contributed by atoms with Crippen LogP contribution >= 0.6 is 0 Å². The molecule has 0 spiro atoms. The molecule has 0 aliphatic heterocycles. The molecular weight excluding hydrogens is 471 g/mol. The van der Waals surface area contributed by atoms with Crippen LogP contribution in [0, 0.1) is 17.7 Å². The molecule has 3 atom stereocenters. The average Bonchev–Trinajstić information content (AvgIpc) is 3.47. The number of carbonyl (C=O) groups is 1. The summed E-state index contributed by atoms with van der Waals surface area (Å²) in [5.41, 5.74) is 0.627. The lowest BCUT2D eigenvalue weighted by Crippen LogP contribution is -2.52. The number of nitrogens with one attached hydrogen (secondary N) is 2. The number of benzene rings is 2. The van der Waals surface area contributed by atoms with Crippen LogP contribution in [0.5, 0.6) is 0 Å². The van der Waals surface area contributed by atoms with Crippen molar-refractivity contribution in [3.05, 3.63) is 76.2 Å². The van der Waals surface area contributed by atoms with Gasteiger partial charge in [0.1, 0.15) is 18.0 Å². The van der Waals surface area contributed by atoms with Crippen molar-refractivity contribution in [1.82, 2.24) is 10.0 Å². The molecule has 0 fully saturated rings. The van der Waals surface area contributed by atoms with Gasteiger partial charge in [-0.3, -0.25) is 9.59 Å². The Morgan fingerprint density at radius 3 is 2.14 bits per heavy atom. The van der Waals surface area contributed by atoms with E-state index in [0.29, 0.717) is 11.1 Å². The van der Waals surface area contributed by atoms with E-state index >= 15 is 0 Å². The molecule has 3 rings (SSSR count). The number of hydrogen-bond donors (Lipinski definition) is 3. The van der Waals surface area contributed by atoms with Gasteiger partial charge in [-0.15, -0.1) is 0 Å². The van der Waals surface area contributed by atoms with E-state index in [4.69, 9.17) is 0 Å². The predicted molar refractivity (Wildman–Crippen MR) is 132 cm³/mol.